The van der Waals surface area contributed by atoms with E-state index in [4.69, 9.17) is 14.7 Å². The van der Waals surface area contributed by atoms with Gasteiger partial charge in [0.25, 0.3) is 5.91 Å². The maximum Gasteiger partial charge on any atom is 0.338 e. The van der Waals surface area contributed by atoms with Gasteiger partial charge in [-0.15, -0.1) is 0 Å². The molecule has 1 heterocycles. The van der Waals surface area contributed by atoms with Crippen LogP contribution in [0, 0.1) is 0 Å². The number of benzene rings is 4. The summed E-state index contributed by atoms with van der Waals surface area (Å²) in [6.45, 7) is 1.72. The lowest BCUT2D eigenvalue weighted by Crippen LogP contribution is -2.32. The number of esters is 1. The first kappa shape index (κ1) is 26.2. The molecular weight excluding hydrogens is 506 g/mol. The lowest BCUT2D eigenvalue weighted by atomic mass is 10.0. The number of aromatic nitrogens is 2. The molecule has 5 aromatic rings. The van der Waals surface area contributed by atoms with Crippen LogP contribution in [-0.4, -0.2) is 39.0 Å². The molecule has 2 N–H and O–H groups in total. The quantitative estimate of drug-likeness (QED) is 0.228. The molecule has 4 aromatic carbocycles. The molecule has 1 aromatic heterocycles. The van der Waals surface area contributed by atoms with E-state index in [9.17, 15) is 19.5 Å². The van der Waals surface area contributed by atoms with Crippen molar-refractivity contribution in [3.63, 3.8) is 0 Å². The summed E-state index contributed by atoms with van der Waals surface area (Å²) < 4.78 is 5.54. The van der Waals surface area contributed by atoms with E-state index in [0.29, 0.717) is 22.4 Å². The van der Waals surface area contributed by atoms with Gasteiger partial charge in [-0.3, -0.25) is 4.79 Å². The highest BCUT2D eigenvalue weighted by Crippen LogP contribution is 2.31. The van der Waals surface area contributed by atoms with Crippen molar-refractivity contribution >= 4 is 34.6 Å². The number of aromatic carboxylic acids is 1. The van der Waals surface area contributed by atoms with Gasteiger partial charge in [-0.1, -0.05) is 73.7 Å². The number of carbonyl (C=O) groups is 3. The van der Waals surface area contributed by atoms with Crippen molar-refractivity contribution in [2.75, 3.05) is 5.32 Å². The molecule has 0 fully saturated rings. The Morgan fingerprint density at radius 1 is 0.750 bits per heavy atom. The summed E-state index contributed by atoms with van der Waals surface area (Å²) in [5.74, 6) is -2.35. The number of nitrogens with zero attached hydrogens (tertiary/aromatic N) is 2. The van der Waals surface area contributed by atoms with E-state index in [2.05, 4.69) is 5.32 Å². The Bertz CT molecular complexity index is 1700. The molecule has 1 atom stereocenters. The number of hydrogen-bond donors (Lipinski definition) is 2. The molecule has 198 valence electrons. The Labute approximate surface area is 230 Å². The molecule has 40 heavy (non-hydrogen) atoms. The molecule has 0 saturated carbocycles. The molecule has 0 aliphatic rings. The number of amides is 1. The number of carboxylic acids is 1. The fraction of sp³-hybridized carbons (Fsp3) is 0.0938. The summed E-state index contributed by atoms with van der Waals surface area (Å²) in [5, 5.41) is 11.8. The van der Waals surface area contributed by atoms with Gasteiger partial charge in [0.1, 0.15) is 0 Å². The van der Waals surface area contributed by atoms with Gasteiger partial charge in [0.2, 0.25) is 0 Å². The number of carbonyl (C=O) groups excluding carboxylic acids is 2. The SMILES string of the molecule is CCC(OC(=O)c1ccc2nc(-c3ccccc3)c(-c3ccccc3)nc2c1)C(=O)Nc1cccc(C(=O)O)c1. The van der Waals surface area contributed by atoms with Crippen LogP contribution in [0.2, 0.25) is 0 Å². The Morgan fingerprint density at radius 3 is 1.98 bits per heavy atom. The van der Waals surface area contributed by atoms with Crippen LogP contribution in [0.4, 0.5) is 5.69 Å². The minimum absolute atomic E-state index is 0.0328. The molecule has 0 radical (unpaired) electrons. The third-order valence-corrected chi connectivity index (χ3v) is 6.28. The average Bonchev–Trinajstić information content (AvgIpc) is 2.99. The van der Waals surface area contributed by atoms with Crippen LogP contribution >= 0.6 is 0 Å². The van der Waals surface area contributed by atoms with Crippen LogP contribution in [0.15, 0.2) is 103 Å². The van der Waals surface area contributed by atoms with Crippen molar-refractivity contribution in [3.05, 3.63) is 114 Å². The van der Waals surface area contributed by atoms with Crippen molar-refractivity contribution in [1.82, 2.24) is 9.97 Å². The zero-order valence-electron chi connectivity index (χ0n) is 21.6. The lowest BCUT2D eigenvalue weighted by molar-refractivity contribution is -0.124. The van der Waals surface area contributed by atoms with Gasteiger partial charge in [-0.05, 0) is 42.8 Å². The molecular formula is C32H25N3O5. The fourth-order valence-corrected chi connectivity index (χ4v) is 4.25. The molecule has 0 saturated heterocycles. The topological polar surface area (TPSA) is 118 Å². The average molecular weight is 532 g/mol. The third kappa shape index (κ3) is 5.71. The highest BCUT2D eigenvalue weighted by molar-refractivity contribution is 6.00. The first-order valence-corrected chi connectivity index (χ1v) is 12.7. The van der Waals surface area contributed by atoms with E-state index < -0.39 is 23.9 Å². The number of ether oxygens (including phenoxy) is 1. The van der Waals surface area contributed by atoms with E-state index in [0.717, 1.165) is 16.8 Å². The number of carboxylic acid groups (broad SMARTS) is 1. The van der Waals surface area contributed by atoms with Crippen LogP contribution in [0.3, 0.4) is 0 Å². The highest BCUT2D eigenvalue weighted by atomic mass is 16.5. The van der Waals surface area contributed by atoms with Crippen LogP contribution in [0.1, 0.15) is 34.1 Å². The second kappa shape index (κ2) is 11.6. The third-order valence-electron chi connectivity index (χ3n) is 6.28. The van der Waals surface area contributed by atoms with E-state index in [1.165, 1.54) is 18.2 Å². The standard InChI is InChI=1S/C32H25N3O5/c1-2-27(30(36)33-24-15-9-14-22(18-24)31(37)38)40-32(39)23-16-17-25-26(19-23)35-29(21-12-7-4-8-13-21)28(34-25)20-10-5-3-6-11-20/h3-19,27H,2H2,1H3,(H,33,36)(H,37,38). The van der Waals surface area contributed by atoms with Crippen molar-refractivity contribution in [2.45, 2.75) is 19.4 Å². The largest absolute Gasteiger partial charge is 0.478 e. The Hall–Kier alpha value is -5.37. The summed E-state index contributed by atoms with van der Waals surface area (Å²) in [6, 6.07) is 30.2. The Balaban J connectivity index is 1.42. The van der Waals surface area contributed by atoms with Crippen LogP contribution < -0.4 is 5.32 Å². The smallest absolute Gasteiger partial charge is 0.338 e. The predicted octanol–water partition coefficient (Wildman–Crippen LogP) is 6.24. The van der Waals surface area contributed by atoms with Gasteiger partial charge in [0.05, 0.1) is 33.5 Å². The second-order valence-electron chi connectivity index (χ2n) is 9.03. The van der Waals surface area contributed by atoms with Crippen LogP contribution in [0.5, 0.6) is 0 Å². The molecule has 0 spiro atoms. The first-order chi connectivity index (χ1) is 19.4. The van der Waals surface area contributed by atoms with Gasteiger partial charge in [0.15, 0.2) is 6.10 Å². The molecule has 0 bridgehead atoms. The fourth-order valence-electron chi connectivity index (χ4n) is 4.25. The first-order valence-electron chi connectivity index (χ1n) is 12.7. The summed E-state index contributed by atoms with van der Waals surface area (Å²) in [5.41, 5.74) is 4.89. The van der Waals surface area contributed by atoms with Gasteiger partial charge in [0, 0.05) is 16.8 Å². The van der Waals surface area contributed by atoms with E-state index >= 15 is 0 Å². The van der Waals surface area contributed by atoms with E-state index in [1.807, 2.05) is 60.7 Å². The van der Waals surface area contributed by atoms with Gasteiger partial charge in [-0.2, -0.15) is 0 Å². The van der Waals surface area contributed by atoms with Crippen molar-refractivity contribution < 1.29 is 24.2 Å². The van der Waals surface area contributed by atoms with Crippen molar-refractivity contribution in [2.24, 2.45) is 0 Å². The van der Waals surface area contributed by atoms with Crippen LogP contribution in [-0.2, 0) is 9.53 Å². The summed E-state index contributed by atoms with van der Waals surface area (Å²) >= 11 is 0. The van der Waals surface area contributed by atoms with Crippen LogP contribution in [0.25, 0.3) is 33.5 Å². The van der Waals surface area contributed by atoms with Crippen molar-refractivity contribution in [1.29, 1.82) is 0 Å². The molecule has 0 aliphatic carbocycles. The van der Waals surface area contributed by atoms with E-state index in [-0.39, 0.29) is 17.5 Å². The normalized spacial score (nSPS) is 11.5. The number of anilines is 1. The van der Waals surface area contributed by atoms with Crippen molar-refractivity contribution in [3.8, 4) is 22.5 Å². The zero-order valence-corrected chi connectivity index (χ0v) is 21.6. The monoisotopic (exact) mass is 531 g/mol. The Kier molecular flexibility index (Phi) is 7.59. The molecule has 5 rings (SSSR count). The molecule has 8 nitrogen and oxygen atoms in total. The predicted molar refractivity (Wildman–Crippen MR) is 152 cm³/mol. The summed E-state index contributed by atoms with van der Waals surface area (Å²) in [7, 11) is 0. The number of rotatable bonds is 8. The summed E-state index contributed by atoms with van der Waals surface area (Å²) in [4.78, 5) is 46.9. The molecule has 8 heteroatoms. The van der Waals surface area contributed by atoms with Gasteiger partial charge >= 0.3 is 11.9 Å². The second-order valence-corrected chi connectivity index (χ2v) is 9.03. The number of nitrogens with one attached hydrogen (secondary N) is 1. The van der Waals surface area contributed by atoms with Gasteiger partial charge < -0.3 is 15.2 Å². The maximum absolute atomic E-state index is 13.1. The summed E-state index contributed by atoms with van der Waals surface area (Å²) in [6.07, 6.45) is -0.856. The number of hydrogen-bond acceptors (Lipinski definition) is 6. The molecule has 0 aliphatic heterocycles. The highest BCUT2D eigenvalue weighted by Gasteiger charge is 2.23. The maximum atomic E-state index is 13.1. The molecule has 1 amide bonds. The lowest BCUT2D eigenvalue weighted by Gasteiger charge is -2.16. The zero-order chi connectivity index (χ0) is 28.1. The van der Waals surface area contributed by atoms with E-state index in [1.54, 1.807) is 31.2 Å². The minimum Gasteiger partial charge on any atom is -0.478 e. The minimum atomic E-state index is -1.11. The van der Waals surface area contributed by atoms with Gasteiger partial charge in [-0.25, -0.2) is 19.6 Å². The molecule has 1 unspecified atom stereocenters. The Morgan fingerprint density at radius 2 is 1.38 bits per heavy atom. The number of fused-ring (bicyclic) bond motifs is 1.